The van der Waals surface area contributed by atoms with Crippen molar-refractivity contribution in [2.24, 2.45) is 5.10 Å². The van der Waals surface area contributed by atoms with Crippen LogP contribution >= 0.6 is 0 Å². The molecular formula is C16H10F5N2O3S-. The molecule has 0 spiro atoms. The zero-order valence-electron chi connectivity index (χ0n) is 13.2. The molecule has 1 atom stereocenters. The Bertz CT molecular complexity index is 1000. The van der Waals surface area contributed by atoms with E-state index in [4.69, 9.17) is 0 Å². The molecule has 5 nitrogen and oxygen atoms in total. The molecule has 0 N–H and O–H groups in total. The Morgan fingerprint density at radius 3 is 2.22 bits per heavy atom. The fourth-order valence-electron chi connectivity index (χ4n) is 2.69. The van der Waals surface area contributed by atoms with E-state index in [0.717, 1.165) is 41.4 Å². The summed E-state index contributed by atoms with van der Waals surface area (Å²) in [6, 6.07) is 5.42. The van der Waals surface area contributed by atoms with Gasteiger partial charge in [-0.2, -0.15) is 18.3 Å². The number of anilines is 1. The van der Waals surface area contributed by atoms with E-state index in [-0.39, 0.29) is 11.3 Å². The van der Waals surface area contributed by atoms with Crippen LogP contribution in [0.25, 0.3) is 0 Å². The predicted octanol–water partition coefficient (Wildman–Crippen LogP) is 3.74. The summed E-state index contributed by atoms with van der Waals surface area (Å²) in [6.07, 6.45) is -5.40. The third kappa shape index (κ3) is 3.93. The largest absolute Gasteiger partial charge is 0.744 e. The Hall–Kier alpha value is -2.53. The molecule has 11 heteroatoms. The summed E-state index contributed by atoms with van der Waals surface area (Å²) in [5.74, 6) is -2.01. The number of hydrogen-bond donors (Lipinski definition) is 0. The first-order valence-corrected chi connectivity index (χ1v) is 8.82. The highest BCUT2D eigenvalue weighted by Gasteiger charge is 2.44. The quantitative estimate of drug-likeness (QED) is 0.576. The van der Waals surface area contributed by atoms with Crippen molar-refractivity contribution < 1.29 is 34.9 Å². The molecular weight excluding hydrogens is 395 g/mol. The molecule has 0 bridgehead atoms. The van der Waals surface area contributed by atoms with Crippen molar-refractivity contribution >= 4 is 21.5 Å². The van der Waals surface area contributed by atoms with Crippen molar-refractivity contribution in [3.8, 4) is 0 Å². The number of rotatable bonds is 3. The maximum Gasteiger partial charge on any atom is 0.431 e. The minimum atomic E-state index is -4.76. The van der Waals surface area contributed by atoms with E-state index in [1.807, 2.05) is 0 Å². The monoisotopic (exact) mass is 405 g/mol. The second-order valence-corrected chi connectivity index (χ2v) is 7.11. The van der Waals surface area contributed by atoms with Crippen molar-refractivity contribution in [3.63, 3.8) is 0 Å². The topological polar surface area (TPSA) is 72.8 Å². The van der Waals surface area contributed by atoms with Gasteiger partial charge in [0.05, 0.1) is 16.6 Å². The Morgan fingerprint density at radius 2 is 1.70 bits per heavy atom. The lowest BCUT2D eigenvalue weighted by molar-refractivity contribution is -0.0600. The van der Waals surface area contributed by atoms with Gasteiger partial charge >= 0.3 is 6.18 Å². The molecule has 3 rings (SSSR count). The van der Waals surface area contributed by atoms with Gasteiger partial charge in [0.25, 0.3) is 0 Å². The van der Waals surface area contributed by atoms with Gasteiger partial charge < -0.3 is 4.55 Å². The van der Waals surface area contributed by atoms with Crippen LogP contribution in [0.2, 0.25) is 0 Å². The first kappa shape index (κ1) is 19.2. The summed E-state index contributed by atoms with van der Waals surface area (Å²) in [7, 11) is -4.73. The number of hydrazone groups is 1. The Morgan fingerprint density at radius 1 is 1.07 bits per heavy atom. The highest BCUT2D eigenvalue weighted by atomic mass is 32.2. The van der Waals surface area contributed by atoms with E-state index in [1.54, 1.807) is 0 Å². The van der Waals surface area contributed by atoms with Gasteiger partial charge in [-0.05, 0) is 29.8 Å². The molecule has 1 unspecified atom stereocenters. The fourth-order valence-corrected chi connectivity index (χ4v) is 3.16. The van der Waals surface area contributed by atoms with Crippen LogP contribution in [0.1, 0.15) is 18.0 Å². The van der Waals surface area contributed by atoms with Gasteiger partial charge in [0.15, 0.2) is 5.82 Å². The van der Waals surface area contributed by atoms with E-state index < -0.39 is 51.0 Å². The SMILES string of the molecule is O=S(=O)([O-])c1ccc(C2CC(C(F)(F)F)=NN2c2ccc(F)cc2F)cc1. The second kappa shape index (κ2) is 6.57. The van der Waals surface area contributed by atoms with Crippen LogP contribution in [0.4, 0.5) is 27.6 Å². The molecule has 144 valence electrons. The summed E-state index contributed by atoms with van der Waals surface area (Å²) < 4.78 is 99.4. The third-order valence-electron chi connectivity index (χ3n) is 3.95. The summed E-state index contributed by atoms with van der Waals surface area (Å²) in [6.45, 7) is 0. The number of hydrogen-bond acceptors (Lipinski definition) is 5. The van der Waals surface area contributed by atoms with Crippen LogP contribution in [0.5, 0.6) is 0 Å². The lowest BCUT2D eigenvalue weighted by Crippen LogP contribution is -2.21. The fraction of sp³-hybridized carbons (Fsp3) is 0.188. The van der Waals surface area contributed by atoms with Crippen molar-refractivity contribution in [2.45, 2.75) is 23.5 Å². The number of nitrogens with zero attached hydrogens (tertiary/aromatic N) is 2. The Balaban J connectivity index is 2.05. The van der Waals surface area contributed by atoms with Crippen LogP contribution in [0.15, 0.2) is 52.5 Å². The van der Waals surface area contributed by atoms with Gasteiger partial charge in [-0.1, -0.05) is 12.1 Å². The zero-order valence-corrected chi connectivity index (χ0v) is 14.1. The Labute approximate surface area is 150 Å². The van der Waals surface area contributed by atoms with Gasteiger partial charge in [-0.25, -0.2) is 17.2 Å². The normalized spacial score (nSPS) is 17.9. The van der Waals surface area contributed by atoms with Gasteiger partial charge in [-0.15, -0.1) is 0 Å². The molecule has 0 radical (unpaired) electrons. The summed E-state index contributed by atoms with van der Waals surface area (Å²) in [4.78, 5) is -0.555. The van der Waals surface area contributed by atoms with Crippen molar-refractivity contribution in [1.29, 1.82) is 0 Å². The average molecular weight is 405 g/mol. The smallest absolute Gasteiger partial charge is 0.431 e. The Kier molecular flexibility index (Phi) is 4.68. The molecule has 0 aliphatic carbocycles. The minimum absolute atomic E-state index is 0.175. The summed E-state index contributed by atoms with van der Waals surface area (Å²) in [5, 5.41) is 4.19. The predicted molar refractivity (Wildman–Crippen MR) is 84.1 cm³/mol. The summed E-state index contributed by atoms with van der Waals surface area (Å²) in [5.41, 5.74) is -1.37. The second-order valence-electron chi connectivity index (χ2n) is 5.73. The maximum atomic E-state index is 14.1. The van der Waals surface area contributed by atoms with Crippen molar-refractivity contribution in [3.05, 3.63) is 59.7 Å². The third-order valence-corrected chi connectivity index (χ3v) is 4.80. The highest BCUT2D eigenvalue weighted by Crippen LogP contribution is 2.40. The molecule has 0 saturated carbocycles. The van der Waals surface area contributed by atoms with Gasteiger partial charge in [-0.3, -0.25) is 5.01 Å². The van der Waals surface area contributed by atoms with E-state index in [1.165, 1.54) is 0 Å². The van der Waals surface area contributed by atoms with E-state index >= 15 is 0 Å². The number of benzene rings is 2. The van der Waals surface area contributed by atoms with Crippen LogP contribution in [-0.2, 0) is 10.1 Å². The first-order chi connectivity index (χ1) is 12.5. The average Bonchev–Trinajstić information content (AvgIpc) is 2.99. The maximum absolute atomic E-state index is 14.1. The molecule has 1 heterocycles. The van der Waals surface area contributed by atoms with Crippen molar-refractivity contribution in [1.82, 2.24) is 0 Å². The van der Waals surface area contributed by atoms with Gasteiger partial charge in [0.1, 0.15) is 21.6 Å². The molecule has 0 amide bonds. The van der Waals surface area contributed by atoms with E-state index in [2.05, 4.69) is 5.10 Å². The molecule has 0 fully saturated rings. The lowest BCUT2D eigenvalue weighted by Gasteiger charge is -2.24. The molecule has 0 aromatic heterocycles. The molecule has 27 heavy (non-hydrogen) atoms. The molecule has 2 aromatic rings. The molecule has 2 aromatic carbocycles. The van der Waals surface area contributed by atoms with Crippen LogP contribution in [-0.4, -0.2) is 24.9 Å². The summed E-state index contributed by atoms with van der Waals surface area (Å²) >= 11 is 0. The zero-order chi connectivity index (χ0) is 20.0. The standard InChI is InChI=1S/C16H11F5N2O3S/c17-10-3-6-13(12(18)7-10)23-14(8-15(22-23)16(19,20)21)9-1-4-11(5-2-9)27(24,25)26/h1-7,14H,8H2,(H,24,25,26)/p-1. The molecule has 1 aliphatic heterocycles. The van der Waals surface area contributed by atoms with Crippen LogP contribution in [0.3, 0.4) is 0 Å². The molecule has 1 aliphatic rings. The van der Waals surface area contributed by atoms with Gasteiger partial charge in [0, 0.05) is 12.5 Å². The van der Waals surface area contributed by atoms with E-state index in [0.29, 0.717) is 6.07 Å². The van der Waals surface area contributed by atoms with Crippen LogP contribution < -0.4 is 5.01 Å². The molecule has 0 saturated heterocycles. The van der Waals surface area contributed by atoms with Gasteiger partial charge in [0.2, 0.25) is 0 Å². The highest BCUT2D eigenvalue weighted by molar-refractivity contribution is 7.85. The lowest BCUT2D eigenvalue weighted by atomic mass is 10.0. The van der Waals surface area contributed by atoms with Crippen LogP contribution in [0, 0.1) is 11.6 Å². The minimum Gasteiger partial charge on any atom is -0.744 e. The number of halogens is 5. The number of alkyl halides is 3. The first-order valence-electron chi connectivity index (χ1n) is 7.41. The van der Waals surface area contributed by atoms with Crippen molar-refractivity contribution in [2.75, 3.05) is 5.01 Å². The van der Waals surface area contributed by atoms with E-state index in [9.17, 15) is 34.9 Å².